The third-order valence-electron chi connectivity index (χ3n) is 5.35. The number of likely N-dealkylation sites (tertiary alicyclic amines) is 1. The fourth-order valence-corrected chi connectivity index (χ4v) is 4.28. The molecule has 1 amide bonds. The smallest absolute Gasteiger partial charge is 0.226 e. The summed E-state index contributed by atoms with van der Waals surface area (Å²) in [6.07, 6.45) is 2.17. The van der Waals surface area contributed by atoms with Crippen LogP contribution in [-0.4, -0.2) is 16.8 Å². The van der Waals surface area contributed by atoms with Crippen molar-refractivity contribution in [2.45, 2.75) is 38.3 Å². The average Bonchev–Trinajstić information content (AvgIpc) is 2.81. The van der Waals surface area contributed by atoms with Crippen molar-refractivity contribution in [3.05, 3.63) is 71.3 Å². The molecule has 4 rings (SSSR count). The van der Waals surface area contributed by atoms with Gasteiger partial charge >= 0.3 is 0 Å². The number of carbonyl (C=O) groups excluding carboxylic acids is 1. The van der Waals surface area contributed by atoms with Gasteiger partial charge in [-0.1, -0.05) is 61.5 Å². The van der Waals surface area contributed by atoms with Crippen LogP contribution in [-0.2, 0) is 17.8 Å². The van der Waals surface area contributed by atoms with Gasteiger partial charge < -0.3 is 4.90 Å². The molecule has 1 aliphatic carbocycles. The van der Waals surface area contributed by atoms with Gasteiger partial charge in [-0.2, -0.15) is 0 Å². The maximum absolute atomic E-state index is 12.8. The van der Waals surface area contributed by atoms with Crippen molar-refractivity contribution >= 4 is 5.91 Å². The lowest BCUT2D eigenvalue weighted by atomic mass is 9.76. The standard InChI is InChI=1S/C20H21NO/c1-14-19-17-10-6-5-9-16(17)11-12-18(19)21(20(14)22)13-15-7-3-2-4-8-15/h2-10,14,18-19H,11-13H2,1H3/t14?,18-,19+/m1/s1. The van der Waals surface area contributed by atoms with Crippen LogP contribution in [0.5, 0.6) is 0 Å². The largest absolute Gasteiger partial charge is 0.334 e. The lowest BCUT2D eigenvalue weighted by Crippen LogP contribution is -2.36. The van der Waals surface area contributed by atoms with Crippen LogP contribution < -0.4 is 0 Å². The molecule has 0 N–H and O–H groups in total. The van der Waals surface area contributed by atoms with Gasteiger partial charge in [-0.05, 0) is 29.5 Å². The van der Waals surface area contributed by atoms with Crippen LogP contribution in [0.4, 0.5) is 0 Å². The van der Waals surface area contributed by atoms with Gasteiger partial charge in [-0.3, -0.25) is 4.79 Å². The van der Waals surface area contributed by atoms with Crippen LogP contribution in [0.1, 0.15) is 36.0 Å². The number of fused-ring (bicyclic) bond motifs is 3. The van der Waals surface area contributed by atoms with Crippen molar-refractivity contribution in [3.8, 4) is 0 Å². The number of aryl methyl sites for hydroxylation is 1. The lowest BCUT2D eigenvalue weighted by molar-refractivity contribution is -0.132. The van der Waals surface area contributed by atoms with Gasteiger partial charge in [0.1, 0.15) is 0 Å². The molecule has 22 heavy (non-hydrogen) atoms. The van der Waals surface area contributed by atoms with Crippen LogP contribution >= 0.6 is 0 Å². The Kier molecular flexibility index (Phi) is 3.25. The second-order valence-electron chi connectivity index (χ2n) is 6.57. The van der Waals surface area contributed by atoms with Crippen LogP contribution in [0, 0.1) is 5.92 Å². The van der Waals surface area contributed by atoms with Crippen LogP contribution in [0.2, 0.25) is 0 Å². The van der Waals surface area contributed by atoms with Gasteiger partial charge in [-0.25, -0.2) is 0 Å². The summed E-state index contributed by atoms with van der Waals surface area (Å²) in [5.41, 5.74) is 4.06. The molecule has 2 aromatic rings. The van der Waals surface area contributed by atoms with Crippen molar-refractivity contribution in [1.82, 2.24) is 4.90 Å². The molecule has 0 bridgehead atoms. The summed E-state index contributed by atoms with van der Waals surface area (Å²) < 4.78 is 0. The summed E-state index contributed by atoms with van der Waals surface area (Å²) in [6, 6.07) is 19.4. The Labute approximate surface area is 131 Å². The molecule has 0 saturated carbocycles. The van der Waals surface area contributed by atoms with Crippen molar-refractivity contribution in [1.29, 1.82) is 0 Å². The summed E-state index contributed by atoms with van der Waals surface area (Å²) in [6.45, 7) is 2.85. The molecule has 1 fully saturated rings. The second kappa shape index (κ2) is 5.28. The van der Waals surface area contributed by atoms with E-state index in [4.69, 9.17) is 0 Å². The topological polar surface area (TPSA) is 20.3 Å². The number of rotatable bonds is 2. The summed E-state index contributed by atoms with van der Waals surface area (Å²) >= 11 is 0. The van der Waals surface area contributed by atoms with Gasteiger partial charge in [0, 0.05) is 24.4 Å². The van der Waals surface area contributed by atoms with E-state index in [1.54, 1.807) is 0 Å². The van der Waals surface area contributed by atoms with E-state index in [0.717, 1.165) is 19.4 Å². The lowest BCUT2D eigenvalue weighted by Gasteiger charge is -2.33. The highest BCUT2D eigenvalue weighted by Crippen LogP contribution is 2.45. The summed E-state index contributed by atoms with van der Waals surface area (Å²) in [5.74, 6) is 0.770. The Hall–Kier alpha value is -2.09. The number of amides is 1. The van der Waals surface area contributed by atoms with Gasteiger partial charge in [0.2, 0.25) is 5.91 Å². The first-order valence-electron chi connectivity index (χ1n) is 8.18. The number of hydrogen-bond acceptors (Lipinski definition) is 1. The number of carbonyl (C=O) groups is 1. The zero-order valence-corrected chi connectivity index (χ0v) is 12.9. The fourth-order valence-electron chi connectivity index (χ4n) is 4.28. The van der Waals surface area contributed by atoms with Crippen LogP contribution in [0.25, 0.3) is 0 Å². The predicted octanol–water partition coefficient (Wildman–Crippen LogP) is 3.76. The summed E-state index contributed by atoms with van der Waals surface area (Å²) in [5, 5.41) is 0. The number of benzene rings is 2. The van der Waals surface area contributed by atoms with Crippen LogP contribution in [0.3, 0.4) is 0 Å². The van der Waals surface area contributed by atoms with Crippen molar-refractivity contribution in [2.75, 3.05) is 0 Å². The molecular formula is C20H21NO. The van der Waals surface area contributed by atoms with Gasteiger partial charge in [0.25, 0.3) is 0 Å². The minimum Gasteiger partial charge on any atom is -0.334 e. The first-order chi connectivity index (χ1) is 10.8. The highest BCUT2D eigenvalue weighted by atomic mass is 16.2. The van der Waals surface area contributed by atoms with Crippen molar-refractivity contribution in [3.63, 3.8) is 0 Å². The van der Waals surface area contributed by atoms with E-state index in [1.807, 2.05) is 18.2 Å². The monoisotopic (exact) mass is 291 g/mol. The Morgan fingerprint density at radius 3 is 2.59 bits per heavy atom. The molecule has 1 heterocycles. The maximum Gasteiger partial charge on any atom is 0.226 e. The van der Waals surface area contributed by atoms with Gasteiger partial charge in [0.15, 0.2) is 0 Å². The number of hydrogen-bond donors (Lipinski definition) is 0. The number of nitrogens with zero attached hydrogens (tertiary/aromatic N) is 1. The van der Waals surface area contributed by atoms with E-state index in [9.17, 15) is 4.79 Å². The Morgan fingerprint density at radius 1 is 1.05 bits per heavy atom. The molecule has 1 saturated heterocycles. The highest BCUT2D eigenvalue weighted by molar-refractivity contribution is 5.83. The SMILES string of the molecule is CC1C(=O)N(Cc2ccccc2)[C@@H]2CCc3ccccc3[C@H]12. The van der Waals surface area contributed by atoms with E-state index >= 15 is 0 Å². The molecule has 2 aliphatic rings. The molecule has 112 valence electrons. The average molecular weight is 291 g/mol. The van der Waals surface area contributed by atoms with Gasteiger partial charge in [-0.15, -0.1) is 0 Å². The Morgan fingerprint density at radius 2 is 1.77 bits per heavy atom. The third-order valence-corrected chi connectivity index (χ3v) is 5.35. The zero-order valence-electron chi connectivity index (χ0n) is 12.9. The summed E-state index contributed by atoms with van der Waals surface area (Å²) in [4.78, 5) is 14.9. The van der Waals surface area contributed by atoms with E-state index in [2.05, 4.69) is 48.2 Å². The second-order valence-corrected chi connectivity index (χ2v) is 6.57. The minimum absolute atomic E-state index is 0.0927. The molecule has 2 aromatic carbocycles. The summed E-state index contributed by atoms with van der Waals surface area (Å²) in [7, 11) is 0. The predicted molar refractivity (Wildman–Crippen MR) is 87.4 cm³/mol. The first-order valence-corrected chi connectivity index (χ1v) is 8.18. The highest BCUT2D eigenvalue weighted by Gasteiger charge is 2.47. The minimum atomic E-state index is 0.0927. The molecule has 1 aliphatic heterocycles. The zero-order chi connectivity index (χ0) is 15.1. The molecule has 2 heteroatoms. The quantitative estimate of drug-likeness (QED) is 0.825. The Balaban J connectivity index is 1.68. The van der Waals surface area contributed by atoms with Crippen molar-refractivity contribution < 1.29 is 4.79 Å². The third kappa shape index (κ3) is 2.06. The Bertz CT molecular complexity index is 694. The molecule has 0 spiro atoms. The molecule has 0 aromatic heterocycles. The van der Waals surface area contributed by atoms with E-state index in [1.165, 1.54) is 16.7 Å². The van der Waals surface area contributed by atoms with E-state index in [0.29, 0.717) is 17.9 Å². The molecule has 1 unspecified atom stereocenters. The molecule has 3 atom stereocenters. The first kappa shape index (κ1) is 13.6. The normalized spacial score (nSPS) is 26.7. The van der Waals surface area contributed by atoms with Gasteiger partial charge in [0.05, 0.1) is 0 Å². The molecule has 2 nitrogen and oxygen atoms in total. The van der Waals surface area contributed by atoms with Crippen LogP contribution in [0.15, 0.2) is 54.6 Å². The van der Waals surface area contributed by atoms with E-state index < -0.39 is 0 Å². The van der Waals surface area contributed by atoms with E-state index in [-0.39, 0.29) is 5.92 Å². The molecular weight excluding hydrogens is 270 g/mol. The van der Waals surface area contributed by atoms with Crippen molar-refractivity contribution in [2.24, 2.45) is 5.92 Å². The molecule has 0 radical (unpaired) electrons. The fraction of sp³-hybridized carbons (Fsp3) is 0.350. The maximum atomic E-state index is 12.8.